The molecule has 0 radical (unpaired) electrons. The molecule has 18 heavy (non-hydrogen) atoms. The van der Waals surface area contributed by atoms with Gasteiger partial charge in [0.2, 0.25) is 4.96 Å². The summed E-state index contributed by atoms with van der Waals surface area (Å²) in [5.74, 6) is 0.884. The van der Waals surface area contributed by atoms with Crippen LogP contribution in [0.15, 0.2) is 0 Å². The van der Waals surface area contributed by atoms with Crippen molar-refractivity contribution in [2.75, 3.05) is 0 Å². The molecule has 0 aliphatic carbocycles. The van der Waals surface area contributed by atoms with Gasteiger partial charge in [-0.1, -0.05) is 46.0 Å². The van der Waals surface area contributed by atoms with Gasteiger partial charge in [-0.2, -0.15) is 9.61 Å². The first kappa shape index (κ1) is 13.4. The Morgan fingerprint density at radius 3 is 2.28 bits per heavy atom. The van der Waals surface area contributed by atoms with Gasteiger partial charge in [0.1, 0.15) is 5.01 Å². The monoisotopic (exact) mass is 267 g/mol. The average molecular weight is 267 g/mol. The largest absolute Gasteiger partial charge is 0.319 e. The van der Waals surface area contributed by atoms with Crippen LogP contribution < -0.4 is 5.73 Å². The Morgan fingerprint density at radius 1 is 1.17 bits per heavy atom. The number of nitrogens with two attached hydrogens (primary N) is 1. The van der Waals surface area contributed by atoms with E-state index in [9.17, 15) is 0 Å². The van der Waals surface area contributed by atoms with E-state index in [1.54, 1.807) is 11.3 Å². The second-order valence-corrected chi connectivity index (χ2v) is 6.69. The fourth-order valence-electron chi connectivity index (χ4n) is 1.84. The highest BCUT2D eigenvalue weighted by Gasteiger charge is 2.30. The van der Waals surface area contributed by atoms with E-state index in [1.165, 1.54) is 0 Å². The molecule has 0 aromatic carbocycles. The van der Waals surface area contributed by atoms with Gasteiger partial charge in [0.25, 0.3) is 0 Å². The van der Waals surface area contributed by atoms with Gasteiger partial charge in [0.15, 0.2) is 5.82 Å². The summed E-state index contributed by atoms with van der Waals surface area (Å²) in [6.45, 7) is 10.5. The zero-order valence-corrected chi connectivity index (χ0v) is 12.5. The zero-order chi connectivity index (χ0) is 13.6. The Bertz CT molecular complexity index is 544. The van der Waals surface area contributed by atoms with E-state index < -0.39 is 0 Å². The topological polar surface area (TPSA) is 69.1 Å². The van der Waals surface area contributed by atoms with Crippen molar-refractivity contribution in [3.63, 3.8) is 0 Å². The second kappa shape index (κ2) is 4.28. The van der Waals surface area contributed by atoms with Gasteiger partial charge >= 0.3 is 0 Å². The molecule has 2 N–H and O–H groups in total. The highest BCUT2D eigenvalue weighted by atomic mass is 32.1. The summed E-state index contributed by atoms with van der Waals surface area (Å²) in [6, 6.07) is 0. The molecule has 100 valence electrons. The number of hydrogen-bond donors (Lipinski definition) is 1. The maximum atomic E-state index is 6.39. The third-order valence-electron chi connectivity index (χ3n) is 3.35. The Balaban J connectivity index is 2.55. The van der Waals surface area contributed by atoms with Gasteiger partial charge in [0, 0.05) is 5.41 Å². The predicted molar refractivity (Wildman–Crippen MR) is 73.8 cm³/mol. The summed E-state index contributed by atoms with van der Waals surface area (Å²) in [6.07, 6.45) is 1.75. The maximum absolute atomic E-state index is 6.39. The molecule has 0 atom stereocenters. The Morgan fingerprint density at radius 2 is 1.78 bits per heavy atom. The van der Waals surface area contributed by atoms with Crippen LogP contribution in [0.2, 0.25) is 0 Å². The summed E-state index contributed by atoms with van der Waals surface area (Å²) in [7, 11) is 0. The maximum Gasteiger partial charge on any atom is 0.234 e. The van der Waals surface area contributed by atoms with E-state index in [-0.39, 0.29) is 11.0 Å². The molecule has 5 nitrogen and oxygen atoms in total. The fourth-order valence-corrected chi connectivity index (χ4v) is 2.92. The second-order valence-electron chi connectivity index (χ2n) is 5.74. The smallest absolute Gasteiger partial charge is 0.234 e. The van der Waals surface area contributed by atoms with Gasteiger partial charge in [-0.15, -0.1) is 10.2 Å². The Labute approximate surface area is 111 Å². The van der Waals surface area contributed by atoms with Crippen molar-refractivity contribution in [2.45, 2.75) is 58.4 Å². The van der Waals surface area contributed by atoms with Crippen molar-refractivity contribution >= 4 is 16.3 Å². The molecule has 0 saturated carbocycles. The third-order valence-corrected chi connectivity index (χ3v) is 4.47. The van der Waals surface area contributed by atoms with Crippen molar-refractivity contribution in [2.24, 2.45) is 5.73 Å². The number of hydrogen-bond acceptors (Lipinski definition) is 5. The van der Waals surface area contributed by atoms with Gasteiger partial charge in [-0.05, 0) is 12.8 Å². The van der Waals surface area contributed by atoms with Crippen LogP contribution in [0.5, 0.6) is 0 Å². The van der Waals surface area contributed by atoms with Crippen LogP contribution in [0, 0.1) is 0 Å². The lowest BCUT2D eigenvalue weighted by molar-refractivity contribution is 0.404. The quantitative estimate of drug-likeness (QED) is 0.927. The lowest BCUT2D eigenvalue weighted by Crippen LogP contribution is -2.35. The van der Waals surface area contributed by atoms with Crippen molar-refractivity contribution in [1.82, 2.24) is 19.8 Å². The van der Waals surface area contributed by atoms with Crippen LogP contribution in [0.1, 0.15) is 58.3 Å². The lowest BCUT2D eigenvalue weighted by atomic mass is 9.95. The van der Waals surface area contributed by atoms with Gasteiger partial charge in [-0.3, -0.25) is 0 Å². The predicted octanol–water partition coefficient (Wildman–Crippen LogP) is 2.46. The average Bonchev–Trinajstić information content (AvgIpc) is 2.85. The molecule has 0 saturated heterocycles. The highest BCUT2D eigenvalue weighted by molar-refractivity contribution is 7.16. The molecular formula is C12H21N5S. The van der Waals surface area contributed by atoms with E-state index in [0.717, 1.165) is 28.6 Å². The molecule has 2 aromatic heterocycles. The normalized spacial score (nSPS) is 13.4. The number of nitrogens with zero attached hydrogens (tertiary/aromatic N) is 4. The number of rotatable bonds is 3. The first-order valence-electron chi connectivity index (χ1n) is 6.34. The summed E-state index contributed by atoms with van der Waals surface area (Å²) in [5, 5.41) is 14.0. The SMILES string of the molecule is CCC(N)(CC)c1nn2c(C(C)(C)C)nnc2s1. The number of aromatic nitrogens is 4. The van der Waals surface area contributed by atoms with E-state index >= 15 is 0 Å². The molecule has 0 amide bonds. The summed E-state index contributed by atoms with van der Waals surface area (Å²) in [4.78, 5) is 0.826. The van der Waals surface area contributed by atoms with Crippen molar-refractivity contribution in [1.29, 1.82) is 0 Å². The minimum atomic E-state index is -0.347. The minimum absolute atomic E-state index is 0.0690. The van der Waals surface area contributed by atoms with Crippen molar-refractivity contribution in [3.8, 4) is 0 Å². The van der Waals surface area contributed by atoms with E-state index in [0.29, 0.717) is 0 Å². The molecule has 0 aliphatic heterocycles. The van der Waals surface area contributed by atoms with Crippen LogP contribution in [0.3, 0.4) is 0 Å². The molecule has 0 bridgehead atoms. The summed E-state index contributed by atoms with van der Waals surface area (Å²) < 4.78 is 1.84. The fraction of sp³-hybridized carbons (Fsp3) is 0.750. The molecule has 2 aromatic rings. The van der Waals surface area contributed by atoms with Crippen LogP contribution >= 0.6 is 11.3 Å². The third kappa shape index (κ3) is 2.03. The summed E-state index contributed by atoms with van der Waals surface area (Å²) >= 11 is 1.54. The molecule has 2 rings (SSSR count). The molecule has 2 heterocycles. The van der Waals surface area contributed by atoms with Gasteiger partial charge in [0.05, 0.1) is 5.54 Å². The van der Waals surface area contributed by atoms with Gasteiger partial charge in [-0.25, -0.2) is 0 Å². The van der Waals surface area contributed by atoms with Crippen molar-refractivity contribution < 1.29 is 0 Å². The first-order chi connectivity index (χ1) is 8.31. The van der Waals surface area contributed by atoms with Crippen LogP contribution in [0.25, 0.3) is 4.96 Å². The molecule has 6 heteroatoms. The molecule has 0 aliphatic rings. The standard InChI is InChI=1S/C12H21N5S/c1-6-12(13,7-2)9-16-17-8(11(3,4)5)14-15-10(17)18-9/h6-7,13H2,1-5H3. The Hall–Kier alpha value is -1.01. The van der Waals surface area contributed by atoms with E-state index in [2.05, 4.69) is 49.9 Å². The number of fused-ring (bicyclic) bond motifs is 1. The molecule has 0 unspecified atom stereocenters. The molecule has 0 spiro atoms. The Kier molecular flexibility index (Phi) is 3.19. The molecular weight excluding hydrogens is 246 g/mol. The van der Waals surface area contributed by atoms with E-state index in [1.807, 2.05) is 4.52 Å². The molecule has 0 fully saturated rings. The summed E-state index contributed by atoms with van der Waals surface area (Å²) in [5.41, 5.74) is 5.97. The lowest BCUT2D eigenvalue weighted by Gasteiger charge is -2.23. The van der Waals surface area contributed by atoms with Crippen LogP contribution in [-0.2, 0) is 11.0 Å². The van der Waals surface area contributed by atoms with Gasteiger partial charge < -0.3 is 5.73 Å². The van der Waals surface area contributed by atoms with Crippen LogP contribution in [-0.4, -0.2) is 19.8 Å². The highest BCUT2D eigenvalue weighted by Crippen LogP contribution is 2.31. The zero-order valence-electron chi connectivity index (χ0n) is 11.7. The van der Waals surface area contributed by atoms with Crippen molar-refractivity contribution in [3.05, 3.63) is 10.8 Å². The minimum Gasteiger partial charge on any atom is -0.319 e. The van der Waals surface area contributed by atoms with Crippen LogP contribution in [0.4, 0.5) is 0 Å². The van der Waals surface area contributed by atoms with E-state index in [4.69, 9.17) is 5.73 Å². The first-order valence-corrected chi connectivity index (χ1v) is 7.15.